The monoisotopic (exact) mass is 421 g/mol. The number of aromatic amines is 1. The number of carbonyl (C=O) groups excluding carboxylic acids is 1. The van der Waals surface area contributed by atoms with Gasteiger partial charge >= 0.3 is 6.18 Å². The van der Waals surface area contributed by atoms with Gasteiger partial charge in [0.15, 0.2) is 0 Å². The minimum absolute atomic E-state index is 0.0187. The zero-order chi connectivity index (χ0) is 21.1. The molecule has 2 aromatic rings. The lowest BCUT2D eigenvalue weighted by atomic mass is 9.94. The van der Waals surface area contributed by atoms with Gasteiger partial charge in [0, 0.05) is 43.9 Å². The summed E-state index contributed by atoms with van der Waals surface area (Å²) in [6.45, 7) is 1.26. The number of amides is 1. The standard InChI is InChI=1S/C21H26F3N5O/c22-21(23,24)14-7-9-19(25-12-14)29-11-3-4-15(13-29)26-20(30)10-8-18-16-5-1-2-6-17(16)27-28-18/h7,9,12,15H,1-6,8,10-11,13H2,(H,26,30)(H,27,28)/t15-/m0/s1. The molecule has 0 bridgehead atoms. The van der Waals surface area contributed by atoms with Gasteiger partial charge in [-0.25, -0.2) is 4.98 Å². The number of aryl methyl sites for hydroxylation is 2. The molecule has 162 valence electrons. The Morgan fingerprint density at radius 1 is 1.23 bits per heavy atom. The van der Waals surface area contributed by atoms with E-state index in [1.165, 1.54) is 30.2 Å². The van der Waals surface area contributed by atoms with E-state index in [0.29, 0.717) is 31.7 Å². The summed E-state index contributed by atoms with van der Waals surface area (Å²) in [5.41, 5.74) is 2.74. The molecule has 1 amide bonds. The van der Waals surface area contributed by atoms with Crippen LogP contribution in [-0.2, 0) is 30.2 Å². The summed E-state index contributed by atoms with van der Waals surface area (Å²) in [5, 5.41) is 10.6. The van der Waals surface area contributed by atoms with Crippen LogP contribution in [0.3, 0.4) is 0 Å². The Kier molecular flexibility index (Phi) is 5.97. The third kappa shape index (κ3) is 4.76. The number of rotatable bonds is 5. The molecular weight excluding hydrogens is 395 g/mol. The van der Waals surface area contributed by atoms with E-state index in [0.717, 1.165) is 43.6 Å². The topological polar surface area (TPSA) is 73.9 Å². The fraction of sp³-hybridized carbons (Fsp3) is 0.571. The van der Waals surface area contributed by atoms with Crippen LogP contribution in [0.5, 0.6) is 0 Å². The smallest absolute Gasteiger partial charge is 0.355 e. The second kappa shape index (κ2) is 8.65. The van der Waals surface area contributed by atoms with Crippen LogP contribution < -0.4 is 10.2 Å². The van der Waals surface area contributed by atoms with Crippen molar-refractivity contribution in [3.63, 3.8) is 0 Å². The van der Waals surface area contributed by atoms with Gasteiger partial charge in [-0.1, -0.05) is 0 Å². The number of alkyl halides is 3. The van der Waals surface area contributed by atoms with Crippen LogP contribution in [0.25, 0.3) is 0 Å². The largest absolute Gasteiger partial charge is 0.417 e. The fourth-order valence-electron chi connectivity index (χ4n) is 4.33. The van der Waals surface area contributed by atoms with E-state index in [2.05, 4.69) is 20.5 Å². The van der Waals surface area contributed by atoms with E-state index < -0.39 is 11.7 Å². The minimum atomic E-state index is -4.39. The second-order valence-electron chi connectivity index (χ2n) is 8.09. The van der Waals surface area contributed by atoms with Gasteiger partial charge in [0.25, 0.3) is 0 Å². The maximum atomic E-state index is 12.7. The van der Waals surface area contributed by atoms with Crippen LogP contribution in [0, 0.1) is 0 Å². The maximum Gasteiger partial charge on any atom is 0.417 e. The SMILES string of the molecule is O=C(CCc1n[nH]c2c1CCCC2)N[C@H]1CCCN(c2ccc(C(F)(F)F)cn2)C1. The van der Waals surface area contributed by atoms with Gasteiger partial charge in [0.05, 0.1) is 11.3 Å². The first kappa shape index (κ1) is 20.7. The van der Waals surface area contributed by atoms with E-state index >= 15 is 0 Å². The molecule has 1 aliphatic heterocycles. The molecule has 0 saturated carbocycles. The molecule has 4 rings (SSSR count). The van der Waals surface area contributed by atoms with Crippen LogP contribution in [0.2, 0.25) is 0 Å². The molecular formula is C21H26F3N5O. The Morgan fingerprint density at radius 3 is 2.83 bits per heavy atom. The summed E-state index contributed by atoms with van der Waals surface area (Å²) in [6.07, 6.45) is 3.58. The molecule has 2 N–H and O–H groups in total. The average Bonchev–Trinajstić information content (AvgIpc) is 3.15. The van der Waals surface area contributed by atoms with Crippen LogP contribution in [0.1, 0.15) is 54.6 Å². The van der Waals surface area contributed by atoms with Crippen molar-refractivity contribution in [1.82, 2.24) is 20.5 Å². The summed E-state index contributed by atoms with van der Waals surface area (Å²) >= 11 is 0. The highest BCUT2D eigenvalue weighted by atomic mass is 19.4. The number of pyridine rings is 1. The van der Waals surface area contributed by atoms with Crippen molar-refractivity contribution in [2.45, 2.75) is 63.6 Å². The highest BCUT2D eigenvalue weighted by Gasteiger charge is 2.31. The van der Waals surface area contributed by atoms with Gasteiger partial charge in [-0.2, -0.15) is 18.3 Å². The van der Waals surface area contributed by atoms with Crippen LogP contribution in [0.4, 0.5) is 19.0 Å². The molecule has 1 fully saturated rings. The van der Waals surface area contributed by atoms with Crippen LogP contribution >= 0.6 is 0 Å². The normalized spacial score (nSPS) is 19.4. The summed E-state index contributed by atoms with van der Waals surface area (Å²) in [4.78, 5) is 18.4. The molecule has 9 heteroatoms. The molecule has 2 aromatic heterocycles. The van der Waals surface area contributed by atoms with E-state index in [-0.39, 0.29) is 11.9 Å². The molecule has 6 nitrogen and oxygen atoms in total. The van der Waals surface area contributed by atoms with Gasteiger partial charge < -0.3 is 10.2 Å². The third-order valence-corrected chi connectivity index (χ3v) is 5.92. The van der Waals surface area contributed by atoms with Gasteiger partial charge in [-0.15, -0.1) is 0 Å². The Labute approximate surface area is 173 Å². The van der Waals surface area contributed by atoms with E-state index in [1.807, 2.05) is 4.90 Å². The number of piperidine rings is 1. The molecule has 0 radical (unpaired) electrons. The molecule has 30 heavy (non-hydrogen) atoms. The lowest BCUT2D eigenvalue weighted by molar-refractivity contribution is -0.137. The summed E-state index contributed by atoms with van der Waals surface area (Å²) in [6, 6.07) is 2.41. The fourth-order valence-corrected chi connectivity index (χ4v) is 4.33. The van der Waals surface area contributed by atoms with Crippen molar-refractivity contribution in [2.75, 3.05) is 18.0 Å². The van der Waals surface area contributed by atoms with E-state index in [9.17, 15) is 18.0 Å². The predicted octanol–water partition coefficient (Wildman–Crippen LogP) is 3.42. The number of nitrogens with one attached hydrogen (secondary N) is 2. The average molecular weight is 421 g/mol. The number of aromatic nitrogens is 3. The number of H-pyrrole nitrogens is 1. The van der Waals surface area contributed by atoms with Crippen molar-refractivity contribution < 1.29 is 18.0 Å². The zero-order valence-corrected chi connectivity index (χ0v) is 16.8. The van der Waals surface area contributed by atoms with Crippen molar-refractivity contribution in [3.8, 4) is 0 Å². The molecule has 3 heterocycles. The van der Waals surface area contributed by atoms with Crippen LogP contribution in [0.15, 0.2) is 18.3 Å². The lowest BCUT2D eigenvalue weighted by Crippen LogP contribution is -2.48. The number of hydrogen-bond donors (Lipinski definition) is 2. The second-order valence-corrected chi connectivity index (χ2v) is 8.09. The van der Waals surface area contributed by atoms with Gasteiger partial charge in [0.2, 0.25) is 5.91 Å². The lowest BCUT2D eigenvalue weighted by Gasteiger charge is -2.34. The minimum Gasteiger partial charge on any atom is -0.355 e. The summed E-state index contributed by atoms with van der Waals surface area (Å²) in [5.74, 6) is 0.486. The molecule has 1 atom stereocenters. The van der Waals surface area contributed by atoms with Crippen molar-refractivity contribution in [1.29, 1.82) is 0 Å². The summed E-state index contributed by atoms with van der Waals surface area (Å²) < 4.78 is 38.2. The Hall–Kier alpha value is -2.58. The number of anilines is 1. The van der Waals surface area contributed by atoms with Gasteiger partial charge in [0.1, 0.15) is 5.82 Å². The maximum absolute atomic E-state index is 12.7. The third-order valence-electron chi connectivity index (χ3n) is 5.92. The molecule has 0 spiro atoms. The predicted molar refractivity (Wildman–Crippen MR) is 106 cm³/mol. The van der Waals surface area contributed by atoms with E-state index in [1.54, 1.807) is 0 Å². The number of fused-ring (bicyclic) bond motifs is 1. The van der Waals surface area contributed by atoms with Gasteiger partial charge in [-0.05, 0) is 56.2 Å². The first-order valence-corrected chi connectivity index (χ1v) is 10.5. The first-order valence-electron chi connectivity index (χ1n) is 10.5. The van der Waals surface area contributed by atoms with Gasteiger partial charge in [-0.3, -0.25) is 9.89 Å². The molecule has 1 saturated heterocycles. The number of carbonyl (C=O) groups is 1. The Morgan fingerprint density at radius 2 is 2.07 bits per heavy atom. The number of nitrogens with zero attached hydrogens (tertiary/aromatic N) is 3. The molecule has 2 aliphatic rings. The summed E-state index contributed by atoms with van der Waals surface area (Å²) in [7, 11) is 0. The number of hydrogen-bond acceptors (Lipinski definition) is 4. The first-order chi connectivity index (χ1) is 14.4. The molecule has 0 unspecified atom stereocenters. The van der Waals surface area contributed by atoms with E-state index in [4.69, 9.17) is 0 Å². The molecule has 0 aromatic carbocycles. The Bertz CT molecular complexity index is 878. The van der Waals surface area contributed by atoms with Crippen LogP contribution in [-0.4, -0.2) is 40.2 Å². The van der Waals surface area contributed by atoms with Crippen molar-refractivity contribution in [2.24, 2.45) is 0 Å². The highest BCUT2D eigenvalue weighted by molar-refractivity contribution is 5.76. The quantitative estimate of drug-likeness (QED) is 0.776. The Balaban J connectivity index is 1.29. The highest BCUT2D eigenvalue weighted by Crippen LogP contribution is 2.30. The zero-order valence-electron chi connectivity index (χ0n) is 16.8. The van der Waals surface area contributed by atoms with Crippen molar-refractivity contribution >= 4 is 11.7 Å². The van der Waals surface area contributed by atoms with Crippen molar-refractivity contribution in [3.05, 3.63) is 40.8 Å². The molecule has 1 aliphatic carbocycles. The number of halogens is 3.